The zero-order valence-electron chi connectivity index (χ0n) is 12.8. The van der Waals surface area contributed by atoms with Crippen molar-refractivity contribution < 1.29 is 4.79 Å². The third kappa shape index (κ3) is 3.07. The molecule has 1 aliphatic carbocycles. The highest BCUT2D eigenvalue weighted by Gasteiger charge is 2.41. The number of aromatic nitrogens is 2. The molecule has 0 bridgehead atoms. The van der Waals surface area contributed by atoms with Crippen molar-refractivity contribution in [3.8, 4) is 0 Å². The number of rotatable bonds is 5. The van der Waals surface area contributed by atoms with Crippen LogP contribution in [0.4, 0.5) is 0 Å². The second-order valence-corrected chi connectivity index (χ2v) is 7.07. The van der Waals surface area contributed by atoms with Crippen LogP contribution in [-0.4, -0.2) is 41.1 Å². The number of likely N-dealkylation sites (N-methyl/N-ethyl adjacent to an activating group) is 1. The quantitative estimate of drug-likeness (QED) is 0.784. The first kappa shape index (κ1) is 15.5. The van der Waals surface area contributed by atoms with Gasteiger partial charge in [-0.2, -0.15) is 5.10 Å². The maximum absolute atomic E-state index is 12.9. The average Bonchev–Trinajstić information content (AvgIpc) is 2.88. The first-order valence-corrected chi connectivity index (χ1v) is 7.61. The van der Waals surface area contributed by atoms with Gasteiger partial charge in [-0.15, -0.1) is 0 Å². The van der Waals surface area contributed by atoms with Gasteiger partial charge in [0, 0.05) is 12.5 Å². The molecule has 0 saturated heterocycles. The summed E-state index contributed by atoms with van der Waals surface area (Å²) in [5.74, 6) is 0.226. The molecule has 0 radical (unpaired) electrons. The molecule has 2 rings (SSSR count). The summed E-state index contributed by atoms with van der Waals surface area (Å²) in [7, 11) is 4.01. The number of carbonyl (C=O) groups is 1. The van der Waals surface area contributed by atoms with Crippen LogP contribution in [0.25, 0.3) is 0 Å². The lowest BCUT2D eigenvalue weighted by Gasteiger charge is -2.26. The molecule has 1 saturated carbocycles. The van der Waals surface area contributed by atoms with E-state index in [2.05, 4.69) is 23.8 Å². The van der Waals surface area contributed by atoms with Crippen LogP contribution in [0.15, 0.2) is 6.20 Å². The number of halogens is 1. The Balaban J connectivity index is 2.23. The molecule has 112 valence electrons. The number of hydrogen-bond acceptors (Lipinski definition) is 3. The van der Waals surface area contributed by atoms with Crippen LogP contribution in [-0.2, 0) is 6.54 Å². The number of carbonyl (C=O) groups excluding carboxylic acids is 1. The van der Waals surface area contributed by atoms with E-state index >= 15 is 0 Å². The summed E-state index contributed by atoms with van der Waals surface area (Å²) < 4.78 is 1.76. The summed E-state index contributed by atoms with van der Waals surface area (Å²) in [6.45, 7) is 5.88. The lowest BCUT2D eigenvalue weighted by Crippen LogP contribution is -2.29. The molecule has 20 heavy (non-hydrogen) atoms. The van der Waals surface area contributed by atoms with Gasteiger partial charge in [0.2, 0.25) is 0 Å². The first-order valence-electron chi connectivity index (χ1n) is 7.23. The largest absolute Gasteiger partial charge is 0.308 e. The van der Waals surface area contributed by atoms with Crippen LogP contribution in [0.3, 0.4) is 0 Å². The van der Waals surface area contributed by atoms with Crippen molar-refractivity contribution >= 4 is 17.4 Å². The Kier molecular flexibility index (Phi) is 4.55. The summed E-state index contributed by atoms with van der Waals surface area (Å²) in [4.78, 5) is 14.9. The Bertz CT molecular complexity index is 493. The van der Waals surface area contributed by atoms with Crippen LogP contribution < -0.4 is 0 Å². The number of ketones is 1. The van der Waals surface area contributed by atoms with E-state index in [0.717, 1.165) is 25.8 Å². The minimum atomic E-state index is 0.0646. The monoisotopic (exact) mass is 297 g/mol. The molecule has 0 aliphatic heterocycles. The first-order chi connectivity index (χ1) is 9.33. The Labute approximate surface area is 126 Å². The van der Waals surface area contributed by atoms with Crippen molar-refractivity contribution in [3.63, 3.8) is 0 Å². The van der Waals surface area contributed by atoms with Crippen molar-refractivity contribution in [1.29, 1.82) is 0 Å². The molecule has 1 aromatic rings. The van der Waals surface area contributed by atoms with Crippen molar-refractivity contribution in [2.45, 2.75) is 39.7 Å². The van der Waals surface area contributed by atoms with Gasteiger partial charge in [0.15, 0.2) is 5.78 Å². The summed E-state index contributed by atoms with van der Waals surface area (Å²) >= 11 is 6.21. The van der Waals surface area contributed by atoms with Gasteiger partial charge in [0.25, 0.3) is 0 Å². The van der Waals surface area contributed by atoms with Gasteiger partial charge in [-0.05, 0) is 32.4 Å². The minimum absolute atomic E-state index is 0.0646. The molecule has 0 aromatic carbocycles. The van der Waals surface area contributed by atoms with E-state index in [1.807, 2.05) is 14.1 Å². The molecule has 1 aromatic heterocycles. The van der Waals surface area contributed by atoms with E-state index in [1.165, 1.54) is 0 Å². The van der Waals surface area contributed by atoms with E-state index in [1.54, 1.807) is 10.9 Å². The van der Waals surface area contributed by atoms with Crippen LogP contribution in [0.5, 0.6) is 0 Å². The van der Waals surface area contributed by atoms with Crippen LogP contribution in [0.2, 0.25) is 5.02 Å². The minimum Gasteiger partial charge on any atom is -0.308 e. The molecule has 4 nitrogen and oxygen atoms in total. The fraction of sp³-hybridized carbons (Fsp3) is 0.733. The Morgan fingerprint density at radius 2 is 2.25 bits per heavy atom. The summed E-state index contributed by atoms with van der Waals surface area (Å²) in [5.41, 5.74) is 0.658. The fourth-order valence-electron chi connectivity index (χ4n) is 3.05. The Morgan fingerprint density at radius 3 is 2.80 bits per heavy atom. The highest BCUT2D eigenvalue weighted by molar-refractivity contribution is 6.33. The number of hydrogen-bond donors (Lipinski definition) is 0. The SMILES string of the molecule is CN(C)CCn1ncc(Cl)c1C(=O)C1CCCC1(C)C. The van der Waals surface area contributed by atoms with Crippen LogP contribution in [0, 0.1) is 11.3 Å². The number of Topliss-reactive ketones (excluding diaryl/α,β-unsaturated/α-hetero) is 1. The smallest absolute Gasteiger partial charge is 0.185 e. The van der Waals surface area contributed by atoms with Gasteiger partial charge in [-0.3, -0.25) is 9.48 Å². The van der Waals surface area contributed by atoms with Crippen molar-refractivity contribution in [2.75, 3.05) is 20.6 Å². The molecule has 1 fully saturated rings. The summed E-state index contributed by atoms with van der Waals surface area (Å²) in [6.07, 6.45) is 4.77. The maximum Gasteiger partial charge on any atom is 0.185 e. The average molecular weight is 298 g/mol. The van der Waals surface area contributed by atoms with Crippen molar-refractivity contribution in [2.24, 2.45) is 11.3 Å². The predicted molar refractivity (Wildman–Crippen MR) is 81.2 cm³/mol. The van der Waals surface area contributed by atoms with E-state index in [-0.39, 0.29) is 17.1 Å². The fourth-order valence-corrected chi connectivity index (χ4v) is 3.28. The highest BCUT2D eigenvalue weighted by Crippen LogP contribution is 2.44. The zero-order chi connectivity index (χ0) is 14.9. The molecule has 1 atom stereocenters. The van der Waals surface area contributed by atoms with Gasteiger partial charge in [0.1, 0.15) is 5.69 Å². The Hall–Kier alpha value is -0.870. The zero-order valence-corrected chi connectivity index (χ0v) is 13.6. The Morgan fingerprint density at radius 1 is 1.55 bits per heavy atom. The van der Waals surface area contributed by atoms with Gasteiger partial charge >= 0.3 is 0 Å². The van der Waals surface area contributed by atoms with E-state index in [9.17, 15) is 4.79 Å². The molecular weight excluding hydrogens is 274 g/mol. The van der Waals surface area contributed by atoms with Crippen molar-refractivity contribution in [1.82, 2.24) is 14.7 Å². The number of nitrogens with zero attached hydrogens (tertiary/aromatic N) is 3. The molecule has 1 aliphatic rings. The van der Waals surface area contributed by atoms with Crippen molar-refractivity contribution in [3.05, 3.63) is 16.9 Å². The second-order valence-electron chi connectivity index (χ2n) is 6.67. The molecule has 1 unspecified atom stereocenters. The lowest BCUT2D eigenvalue weighted by atomic mass is 9.78. The highest BCUT2D eigenvalue weighted by atomic mass is 35.5. The molecule has 5 heteroatoms. The van der Waals surface area contributed by atoms with E-state index in [0.29, 0.717) is 17.3 Å². The maximum atomic E-state index is 12.9. The summed E-state index contributed by atoms with van der Waals surface area (Å²) in [6, 6.07) is 0. The molecule has 0 N–H and O–H groups in total. The third-order valence-corrected chi connectivity index (χ3v) is 4.64. The lowest BCUT2D eigenvalue weighted by molar-refractivity contribution is 0.0827. The van der Waals surface area contributed by atoms with Gasteiger partial charge in [0.05, 0.1) is 17.8 Å². The molecule has 1 heterocycles. The summed E-state index contributed by atoms with van der Waals surface area (Å²) in [5, 5.41) is 4.75. The van der Waals surface area contributed by atoms with Crippen LogP contribution in [0.1, 0.15) is 43.6 Å². The molecular formula is C15H24ClN3O. The molecule has 0 spiro atoms. The standard InChI is InChI=1S/C15H24ClN3O/c1-15(2)7-5-6-11(15)14(20)13-12(16)10-17-19(13)9-8-18(3)4/h10-11H,5-9H2,1-4H3. The third-order valence-electron chi connectivity index (χ3n) is 4.36. The molecule has 0 amide bonds. The van der Waals surface area contributed by atoms with Gasteiger partial charge < -0.3 is 4.90 Å². The normalized spacial score (nSPS) is 21.6. The van der Waals surface area contributed by atoms with E-state index < -0.39 is 0 Å². The van der Waals surface area contributed by atoms with Crippen LogP contribution >= 0.6 is 11.6 Å². The predicted octanol–water partition coefficient (Wildman–Crippen LogP) is 3.11. The van der Waals surface area contributed by atoms with Gasteiger partial charge in [-0.1, -0.05) is 31.9 Å². The van der Waals surface area contributed by atoms with E-state index in [4.69, 9.17) is 11.6 Å². The second kappa shape index (κ2) is 5.86. The topological polar surface area (TPSA) is 38.1 Å². The van der Waals surface area contributed by atoms with Gasteiger partial charge in [-0.25, -0.2) is 0 Å².